The van der Waals surface area contributed by atoms with Crippen molar-refractivity contribution in [1.82, 2.24) is 0 Å². The molecule has 0 amide bonds. The summed E-state index contributed by atoms with van der Waals surface area (Å²) in [6.07, 6.45) is 18.2. The van der Waals surface area contributed by atoms with Crippen molar-refractivity contribution in [1.29, 1.82) is 0 Å². The molecule has 39 heavy (non-hydrogen) atoms. The van der Waals surface area contributed by atoms with Crippen LogP contribution in [0.25, 0.3) is 0 Å². The van der Waals surface area contributed by atoms with Gasteiger partial charge in [0.15, 0.2) is 0 Å². The molecule has 1 aromatic rings. The first-order valence-electron chi connectivity index (χ1n) is 16.5. The molecular formula is C39H68. The monoisotopic (exact) mass is 537 g/mol. The van der Waals surface area contributed by atoms with Gasteiger partial charge in [0.1, 0.15) is 0 Å². The SMILES string of the molecule is C=C(C)CCC(=C)Cc1c(C)c(C)c(C)c(CCC(C)(C)CCCC(C)CCCC(C)CCCC(C)C)c1C. The Balaban J connectivity index is 2.59. The highest BCUT2D eigenvalue weighted by Crippen LogP contribution is 2.35. The third kappa shape index (κ3) is 13.7. The highest BCUT2D eigenvalue weighted by molar-refractivity contribution is 5.51. The van der Waals surface area contributed by atoms with Crippen molar-refractivity contribution in [3.8, 4) is 0 Å². The van der Waals surface area contributed by atoms with Crippen LogP contribution in [0.4, 0.5) is 0 Å². The third-order valence-electron chi connectivity index (χ3n) is 9.74. The minimum absolute atomic E-state index is 0.396. The summed E-state index contributed by atoms with van der Waals surface area (Å²) in [6, 6.07) is 0. The second kappa shape index (κ2) is 17.5. The highest BCUT2D eigenvalue weighted by atomic mass is 14.3. The molecule has 0 N–H and O–H groups in total. The molecule has 0 aliphatic carbocycles. The summed E-state index contributed by atoms with van der Waals surface area (Å²) in [7, 11) is 0. The van der Waals surface area contributed by atoms with Gasteiger partial charge in [0.2, 0.25) is 0 Å². The van der Waals surface area contributed by atoms with E-state index in [-0.39, 0.29) is 0 Å². The summed E-state index contributed by atoms with van der Waals surface area (Å²) in [4.78, 5) is 0. The average Bonchev–Trinajstić information content (AvgIpc) is 2.83. The molecule has 1 rings (SSSR count). The summed E-state index contributed by atoms with van der Waals surface area (Å²) < 4.78 is 0. The van der Waals surface area contributed by atoms with E-state index in [0.717, 1.165) is 37.0 Å². The largest absolute Gasteiger partial charge is 0.100 e. The van der Waals surface area contributed by atoms with Gasteiger partial charge >= 0.3 is 0 Å². The van der Waals surface area contributed by atoms with Crippen molar-refractivity contribution in [2.24, 2.45) is 23.2 Å². The maximum Gasteiger partial charge on any atom is -0.00642 e. The number of benzene rings is 1. The lowest BCUT2D eigenvalue weighted by molar-refractivity contribution is 0.282. The van der Waals surface area contributed by atoms with Gasteiger partial charge in [0.05, 0.1) is 0 Å². The second-order valence-corrected chi connectivity index (χ2v) is 14.9. The van der Waals surface area contributed by atoms with E-state index in [2.05, 4.69) is 89.3 Å². The van der Waals surface area contributed by atoms with E-state index in [4.69, 9.17) is 0 Å². The first-order chi connectivity index (χ1) is 18.1. The lowest BCUT2D eigenvalue weighted by atomic mass is 9.78. The lowest BCUT2D eigenvalue weighted by Gasteiger charge is -2.28. The van der Waals surface area contributed by atoms with Gasteiger partial charge in [-0.2, -0.15) is 0 Å². The summed E-state index contributed by atoms with van der Waals surface area (Å²) in [5, 5.41) is 0. The lowest BCUT2D eigenvalue weighted by Crippen LogP contribution is -2.15. The Morgan fingerprint density at radius 2 is 1.15 bits per heavy atom. The van der Waals surface area contributed by atoms with Gasteiger partial charge in [-0.25, -0.2) is 0 Å². The average molecular weight is 537 g/mol. The summed E-state index contributed by atoms with van der Waals surface area (Å²) in [5.41, 5.74) is 12.1. The molecule has 0 bridgehead atoms. The van der Waals surface area contributed by atoms with Crippen molar-refractivity contribution in [2.45, 2.75) is 166 Å². The fourth-order valence-electron chi connectivity index (χ4n) is 6.34. The van der Waals surface area contributed by atoms with Crippen molar-refractivity contribution in [2.75, 3.05) is 0 Å². The standard InChI is InChI=1S/C39H68/c1-28(2)17-14-18-30(5)19-15-20-31(6)21-16-25-39(12,13)26-24-37-34(9)33(8)35(10)38(36(37)11)27-32(7)23-22-29(3)4/h28,30-31H,3,7,14-27H2,1-2,4-6,8-13H3. The van der Waals surface area contributed by atoms with Crippen molar-refractivity contribution < 1.29 is 0 Å². The molecule has 224 valence electrons. The van der Waals surface area contributed by atoms with E-state index in [1.54, 1.807) is 5.56 Å². The molecule has 2 atom stereocenters. The summed E-state index contributed by atoms with van der Waals surface area (Å²) >= 11 is 0. The molecule has 0 saturated heterocycles. The fraction of sp³-hybridized carbons (Fsp3) is 0.744. The molecule has 0 saturated carbocycles. The minimum atomic E-state index is 0.396. The molecule has 0 nitrogen and oxygen atoms in total. The number of rotatable bonds is 20. The molecule has 0 heterocycles. The van der Waals surface area contributed by atoms with Crippen LogP contribution >= 0.6 is 0 Å². The van der Waals surface area contributed by atoms with Crippen molar-refractivity contribution in [3.63, 3.8) is 0 Å². The van der Waals surface area contributed by atoms with Crippen LogP contribution in [-0.4, -0.2) is 0 Å². The topological polar surface area (TPSA) is 0 Å². The zero-order valence-electron chi connectivity index (χ0n) is 28.5. The number of hydrogen-bond acceptors (Lipinski definition) is 0. The minimum Gasteiger partial charge on any atom is -0.100 e. The van der Waals surface area contributed by atoms with E-state index in [1.807, 2.05) is 0 Å². The zero-order valence-corrected chi connectivity index (χ0v) is 28.5. The molecule has 0 fully saturated rings. The maximum atomic E-state index is 4.42. The quantitative estimate of drug-likeness (QED) is 0.145. The van der Waals surface area contributed by atoms with Crippen LogP contribution < -0.4 is 0 Å². The Hall–Kier alpha value is -1.30. The summed E-state index contributed by atoms with van der Waals surface area (Å²) in [6.45, 7) is 34.6. The molecule has 0 aliphatic heterocycles. The Bertz CT molecular complexity index is 893. The molecule has 0 spiro atoms. The van der Waals surface area contributed by atoms with Gasteiger partial charge < -0.3 is 0 Å². The maximum absolute atomic E-state index is 4.42. The van der Waals surface area contributed by atoms with E-state index < -0.39 is 0 Å². The van der Waals surface area contributed by atoms with Crippen LogP contribution in [0.15, 0.2) is 24.3 Å². The van der Waals surface area contributed by atoms with Crippen LogP contribution in [0.1, 0.15) is 159 Å². The van der Waals surface area contributed by atoms with Crippen LogP contribution in [0.2, 0.25) is 0 Å². The van der Waals surface area contributed by atoms with E-state index in [1.165, 1.54) is 110 Å². The van der Waals surface area contributed by atoms with Crippen LogP contribution in [0.5, 0.6) is 0 Å². The predicted octanol–water partition coefficient (Wildman–Crippen LogP) is 12.8. The van der Waals surface area contributed by atoms with Crippen molar-refractivity contribution in [3.05, 3.63) is 57.7 Å². The fourth-order valence-corrected chi connectivity index (χ4v) is 6.34. The molecule has 0 heteroatoms. The summed E-state index contributed by atoms with van der Waals surface area (Å²) in [5.74, 6) is 2.63. The molecule has 1 aromatic carbocycles. The molecule has 0 aromatic heterocycles. The van der Waals surface area contributed by atoms with Crippen LogP contribution in [-0.2, 0) is 12.8 Å². The van der Waals surface area contributed by atoms with E-state index >= 15 is 0 Å². The molecule has 0 aliphatic rings. The normalized spacial score (nSPS) is 13.6. The number of allylic oxidation sites excluding steroid dienone is 2. The van der Waals surface area contributed by atoms with Gasteiger partial charge in [0, 0.05) is 0 Å². The van der Waals surface area contributed by atoms with Crippen LogP contribution in [0.3, 0.4) is 0 Å². The van der Waals surface area contributed by atoms with Gasteiger partial charge in [-0.15, -0.1) is 6.58 Å². The first kappa shape index (κ1) is 35.7. The first-order valence-corrected chi connectivity index (χ1v) is 16.5. The number of hydrogen-bond donors (Lipinski definition) is 0. The smallest absolute Gasteiger partial charge is 0.00642 e. The molecule has 2 unspecified atom stereocenters. The van der Waals surface area contributed by atoms with E-state index in [9.17, 15) is 0 Å². The van der Waals surface area contributed by atoms with Crippen LogP contribution in [0, 0.1) is 50.9 Å². The highest BCUT2D eigenvalue weighted by Gasteiger charge is 2.21. The molecular weight excluding hydrogens is 468 g/mol. The second-order valence-electron chi connectivity index (χ2n) is 14.9. The Labute approximate surface area is 246 Å². The zero-order chi connectivity index (χ0) is 29.8. The van der Waals surface area contributed by atoms with Gasteiger partial charge in [-0.3, -0.25) is 0 Å². The van der Waals surface area contributed by atoms with E-state index in [0.29, 0.717) is 5.41 Å². The Morgan fingerprint density at radius 1 is 0.641 bits per heavy atom. The predicted molar refractivity (Wildman–Crippen MR) is 179 cm³/mol. The van der Waals surface area contributed by atoms with Gasteiger partial charge in [-0.05, 0) is 130 Å². The van der Waals surface area contributed by atoms with Crippen molar-refractivity contribution >= 4 is 0 Å². The van der Waals surface area contributed by atoms with Gasteiger partial charge in [0.25, 0.3) is 0 Å². The Kier molecular flexibility index (Phi) is 16.0. The van der Waals surface area contributed by atoms with Gasteiger partial charge in [-0.1, -0.05) is 111 Å². The molecule has 0 radical (unpaired) electrons. The third-order valence-corrected chi connectivity index (χ3v) is 9.74. The Morgan fingerprint density at radius 3 is 1.69 bits per heavy atom.